The quantitative estimate of drug-likeness (QED) is 0.584. The first kappa shape index (κ1) is 13.9. The van der Waals surface area contributed by atoms with Gasteiger partial charge in [0, 0.05) is 6.42 Å². The molecule has 1 aliphatic heterocycles. The van der Waals surface area contributed by atoms with Crippen LogP contribution in [0.5, 0.6) is 0 Å². The summed E-state index contributed by atoms with van der Waals surface area (Å²) < 4.78 is 15.2. The van der Waals surface area contributed by atoms with Crippen LogP contribution in [0.25, 0.3) is 0 Å². The molecule has 1 aliphatic rings. The zero-order chi connectivity index (χ0) is 13.7. The molecule has 4 nitrogen and oxygen atoms in total. The molecule has 1 aromatic carbocycles. The fraction of sp³-hybridized carbons (Fsp3) is 0.533. The summed E-state index contributed by atoms with van der Waals surface area (Å²) in [5, 5.41) is 0. The maximum absolute atomic E-state index is 11.2. The Morgan fingerprint density at radius 1 is 1.37 bits per heavy atom. The van der Waals surface area contributed by atoms with Crippen LogP contribution in [0.15, 0.2) is 24.3 Å². The predicted molar refractivity (Wildman–Crippen MR) is 70.9 cm³/mol. The minimum atomic E-state index is -0.725. The van der Waals surface area contributed by atoms with E-state index in [9.17, 15) is 4.79 Å². The van der Waals surface area contributed by atoms with Gasteiger partial charge in [0.2, 0.25) is 5.79 Å². The molecule has 0 spiro atoms. The van der Waals surface area contributed by atoms with E-state index in [0.717, 1.165) is 12.8 Å². The number of carbonyl (C=O) groups is 1. The van der Waals surface area contributed by atoms with Gasteiger partial charge in [0.15, 0.2) is 0 Å². The molecule has 1 heterocycles. The zero-order valence-corrected chi connectivity index (χ0v) is 11.5. The first-order chi connectivity index (χ1) is 9.13. The molecule has 1 fully saturated rings. The van der Waals surface area contributed by atoms with Crippen molar-refractivity contribution in [2.24, 2.45) is 0 Å². The second kappa shape index (κ2) is 6.06. The molecule has 19 heavy (non-hydrogen) atoms. The van der Waals surface area contributed by atoms with Gasteiger partial charge in [0.25, 0.3) is 0 Å². The van der Waals surface area contributed by atoms with Gasteiger partial charge in [0.1, 0.15) is 6.61 Å². The van der Waals surface area contributed by atoms with Crippen molar-refractivity contribution in [3.63, 3.8) is 0 Å². The van der Waals surface area contributed by atoms with Crippen LogP contribution in [0.1, 0.15) is 30.9 Å². The van der Waals surface area contributed by atoms with Crippen LogP contribution in [0.2, 0.25) is 0 Å². The van der Waals surface area contributed by atoms with Crippen LogP contribution in [-0.2, 0) is 20.6 Å². The summed E-state index contributed by atoms with van der Waals surface area (Å²) in [6.07, 6.45) is 1.94. The summed E-state index contributed by atoms with van der Waals surface area (Å²) in [6, 6.07) is 8.46. The Hall–Kier alpha value is -1.55. The fourth-order valence-corrected chi connectivity index (χ4v) is 1.95. The minimum absolute atomic E-state index is 0.318. The molecule has 1 unspecified atom stereocenters. The second-order valence-electron chi connectivity index (χ2n) is 4.82. The topological polar surface area (TPSA) is 48.1 Å². The van der Waals surface area contributed by atoms with Crippen molar-refractivity contribution in [3.05, 3.63) is 35.4 Å². The van der Waals surface area contributed by atoms with Gasteiger partial charge < -0.3 is 14.2 Å². The third-order valence-electron chi connectivity index (χ3n) is 3.14. The molecule has 0 amide bonds. The lowest BCUT2D eigenvalue weighted by molar-refractivity contribution is -0.0378. The normalized spacial score (nSPS) is 20.9. The van der Waals surface area contributed by atoms with Crippen LogP contribution < -0.4 is 0 Å². The molecular weight excluding hydrogens is 244 g/mol. The van der Waals surface area contributed by atoms with Crippen molar-refractivity contribution in [3.8, 4) is 0 Å². The lowest BCUT2D eigenvalue weighted by atomic mass is 10.0. The van der Waals surface area contributed by atoms with Crippen LogP contribution in [0.4, 0.5) is 4.79 Å². The van der Waals surface area contributed by atoms with Gasteiger partial charge in [-0.2, -0.15) is 0 Å². The summed E-state index contributed by atoms with van der Waals surface area (Å²) >= 11 is 0. The van der Waals surface area contributed by atoms with Crippen LogP contribution >= 0.6 is 0 Å². The highest BCUT2D eigenvalue weighted by molar-refractivity contribution is 5.60. The van der Waals surface area contributed by atoms with E-state index >= 15 is 0 Å². The summed E-state index contributed by atoms with van der Waals surface area (Å²) in [6.45, 7) is 4.61. The van der Waals surface area contributed by atoms with Crippen LogP contribution in [-0.4, -0.2) is 25.2 Å². The molecule has 0 bridgehead atoms. The first-order valence-corrected chi connectivity index (χ1v) is 6.69. The van der Waals surface area contributed by atoms with Crippen molar-refractivity contribution >= 4 is 6.16 Å². The lowest BCUT2D eigenvalue weighted by Crippen LogP contribution is -2.22. The maximum atomic E-state index is 11.2. The summed E-state index contributed by atoms with van der Waals surface area (Å²) in [7, 11) is 0. The Balaban J connectivity index is 1.73. The SMILES string of the molecule is CCOC(=O)OC1(CCCc2ccc(C)cc2)CO1. The Morgan fingerprint density at radius 2 is 2.05 bits per heavy atom. The van der Waals surface area contributed by atoms with E-state index in [2.05, 4.69) is 31.2 Å². The van der Waals surface area contributed by atoms with Crippen LogP contribution in [0, 0.1) is 6.92 Å². The van der Waals surface area contributed by atoms with Gasteiger partial charge in [-0.25, -0.2) is 4.79 Å². The van der Waals surface area contributed by atoms with Gasteiger partial charge in [-0.1, -0.05) is 29.8 Å². The van der Waals surface area contributed by atoms with E-state index in [1.165, 1.54) is 11.1 Å². The number of hydrogen-bond acceptors (Lipinski definition) is 4. The number of epoxide rings is 1. The first-order valence-electron chi connectivity index (χ1n) is 6.69. The second-order valence-corrected chi connectivity index (χ2v) is 4.82. The molecule has 2 rings (SSSR count). The van der Waals surface area contributed by atoms with Crippen molar-refractivity contribution in [2.75, 3.05) is 13.2 Å². The van der Waals surface area contributed by atoms with Gasteiger partial charge in [0.05, 0.1) is 6.61 Å². The number of hydrogen-bond donors (Lipinski definition) is 0. The van der Waals surface area contributed by atoms with Crippen molar-refractivity contribution in [2.45, 2.75) is 38.9 Å². The molecule has 1 atom stereocenters. The number of ether oxygens (including phenoxy) is 3. The maximum Gasteiger partial charge on any atom is 0.510 e. The van der Waals surface area contributed by atoms with E-state index in [1.54, 1.807) is 6.92 Å². The van der Waals surface area contributed by atoms with Gasteiger partial charge >= 0.3 is 6.16 Å². The highest BCUT2D eigenvalue weighted by Gasteiger charge is 2.49. The van der Waals surface area contributed by atoms with Crippen molar-refractivity contribution < 1.29 is 19.0 Å². The number of aryl methyl sites for hydroxylation is 2. The van der Waals surface area contributed by atoms with E-state index < -0.39 is 11.9 Å². The van der Waals surface area contributed by atoms with Gasteiger partial charge in [-0.3, -0.25) is 0 Å². The molecule has 1 aromatic rings. The standard InChI is InChI=1S/C15H20O4/c1-3-17-14(16)19-15(11-18-15)10-4-5-13-8-6-12(2)7-9-13/h6-9H,3-5,10-11H2,1-2H3. The number of carbonyl (C=O) groups excluding carboxylic acids is 1. The smallest absolute Gasteiger partial charge is 0.435 e. The van der Waals surface area contributed by atoms with Crippen LogP contribution in [0.3, 0.4) is 0 Å². The zero-order valence-electron chi connectivity index (χ0n) is 11.5. The molecular formula is C15H20O4. The largest absolute Gasteiger partial charge is 0.510 e. The molecule has 1 saturated heterocycles. The molecule has 104 valence electrons. The highest BCUT2D eigenvalue weighted by atomic mass is 16.8. The molecule has 0 N–H and O–H groups in total. The van der Waals surface area contributed by atoms with Crippen molar-refractivity contribution in [1.29, 1.82) is 0 Å². The number of benzene rings is 1. The number of rotatable bonds is 6. The Kier molecular flexibility index (Phi) is 4.43. The van der Waals surface area contributed by atoms with E-state index in [0.29, 0.717) is 19.6 Å². The van der Waals surface area contributed by atoms with Crippen molar-refractivity contribution in [1.82, 2.24) is 0 Å². The monoisotopic (exact) mass is 264 g/mol. The minimum Gasteiger partial charge on any atom is -0.435 e. The molecule has 0 aliphatic carbocycles. The summed E-state index contributed by atoms with van der Waals surface area (Å²) in [5.74, 6) is -0.725. The average Bonchev–Trinajstić information content (AvgIpc) is 3.12. The molecule has 0 aromatic heterocycles. The van der Waals surface area contributed by atoms with E-state index in [4.69, 9.17) is 14.2 Å². The molecule has 0 saturated carbocycles. The highest BCUT2D eigenvalue weighted by Crippen LogP contribution is 2.34. The van der Waals surface area contributed by atoms with Gasteiger partial charge in [-0.05, 0) is 32.3 Å². The lowest BCUT2D eigenvalue weighted by Gasteiger charge is -2.12. The van der Waals surface area contributed by atoms with E-state index in [1.807, 2.05) is 0 Å². The summed E-state index contributed by atoms with van der Waals surface area (Å²) in [5.41, 5.74) is 2.55. The van der Waals surface area contributed by atoms with E-state index in [-0.39, 0.29) is 0 Å². The molecule has 4 heteroatoms. The molecule has 0 radical (unpaired) electrons. The van der Waals surface area contributed by atoms with Gasteiger partial charge in [-0.15, -0.1) is 0 Å². The Bertz CT molecular complexity index is 420. The third-order valence-corrected chi connectivity index (χ3v) is 3.14. The Labute approximate surface area is 113 Å². The Morgan fingerprint density at radius 3 is 2.63 bits per heavy atom. The predicted octanol–water partition coefficient (Wildman–Crippen LogP) is 3.22. The fourth-order valence-electron chi connectivity index (χ4n) is 1.95. The third kappa shape index (κ3) is 4.24. The summed E-state index contributed by atoms with van der Waals surface area (Å²) in [4.78, 5) is 11.2. The average molecular weight is 264 g/mol.